The summed E-state index contributed by atoms with van der Waals surface area (Å²) in [5.41, 5.74) is -0.652. The molecule has 0 radical (unpaired) electrons. The van der Waals surface area contributed by atoms with Crippen LogP contribution < -0.4 is 0 Å². The molecule has 1 aromatic heterocycles. The molecule has 0 aliphatic heterocycles. The second kappa shape index (κ2) is 3.57. The fourth-order valence-electron chi connectivity index (χ4n) is 1.15. The van der Waals surface area contributed by atoms with Crippen molar-refractivity contribution in [1.29, 1.82) is 0 Å². The summed E-state index contributed by atoms with van der Waals surface area (Å²) in [5, 5.41) is 40.9. The Morgan fingerprint density at radius 1 is 1.53 bits per heavy atom. The monoisotopic (exact) mass is 217 g/mol. The molecule has 1 rings (SSSR count). The molecular formula is C7H11N3O5. The zero-order chi connectivity index (χ0) is 11.8. The average Bonchev–Trinajstić information content (AvgIpc) is 2.45. The highest BCUT2D eigenvalue weighted by atomic mass is 16.7. The van der Waals surface area contributed by atoms with Gasteiger partial charge in [-0.3, -0.25) is 0 Å². The normalized spacial score (nSPS) is 12.1. The highest BCUT2D eigenvalue weighted by molar-refractivity contribution is 5.33. The molecule has 0 saturated carbocycles. The van der Waals surface area contributed by atoms with Gasteiger partial charge in [0.25, 0.3) is 0 Å². The Hall–Kier alpha value is -1.51. The molecule has 0 fully saturated rings. The first kappa shape index (κ1) is 11.6. The van der Waals surface area contributed by atoms with E-state index in [1.165, 1.54) is 0 Å². The molecule has 0 amide bonds. The number of nitro groups is 1. The van der Waals surface area contributed by atoms with Crippen LogP contribution in [0.4, 0.5) is 5.82 Å². The van der Waals surface area contributed by atoms with Gasteiger partial charge in [0.15, 0.2) is 5.56 Å². The topological polar surface area (TPSA) is 122 Å². The van der Waals surface area contributed by atoms with Crippen molar-refractivity contribution in [3.63, 3.8) is 0 Å². The lowest BCUT2D eigenvalue weighted by atomic mass is 10.2. The molecule has 15 heavy (non-hydrogen) atoms. The smallest absolute Gasteiger partial charge is 0.356 e. The van der Waals surface area contributed by atoms with Crippen molar-refractivity contribution in [1.82, 2.24) is 9.78 Å². The molecule has 0 bridgehead atoms. The van der Waals surface area contributed by atoms with E-state index >= 15 is 0 Å². The highest BCUT2D eigenvalue weighted by Crippen LogP contribution is 2.28. The third-order valence-corrected chi connectivity index (χ3v) is 1.79. The molecule has 0 spiro atoms. The number of hydrogen-bond donors (Lipinski definition) is 3. The highest BCUT2D eigenvalue weighted by Gasteiger charge is 2.36. The van der Waals surface area contributed by atoms with Gasteiger partial charge in [-0.2, -0.15) is 0 Å². The van der Waals surface area contributed by atoms with Gasteiger partial charge < -0.3 is 25.4 Å². The molecule has 1 aromatic rings. The Labute approximate surface area is 84.5 Å². The molecule has 0 aromatic carbocycles. The van der Waals surface area contributed by atoms with Crippen LogP contribution in [-0.4, -0.2) is 30.0 Å². The molecule has 0 unspecified atom stereocenters. The van der Waals surface area contributed by atoms with Crippen LogP contribution in [0.1, 0.15) is 25.5 Å². The van der Waals surface area contributed by atoms with E-state index in [4.69, 9.17) is 15.3 Å². The summed E-state index contributed by atoms with van der Waals surface area (Å²) in [6, 6.07) is -0.332. The van der Waals surface area contributed by atoms with Gasteiger partial charge in [-0.1, -0.05) is 5.10 Å². The van der Waals surface area contributed by atoms with Crippen molar-refractivity contribution in [3.8, 4) is 0 Å². The van der Waals surface area contributed by atoms with E-state index in [9.17, 15) is 10.1 Å². The lowest BCUT2D eigenvalue weighted by Gasteiger charge is -2.11. The maximum absolute atomic E-state index is 10.7. The molecule has 0 aliphatic rings. The minimum Gasteiger partial charge on any atom is -0.358 e. The van der Waals surface area contributed by atoms with Crippen LogP contribution in [0.2, 0.25) is 0 Å². The van der Waals surface area contributed by atoms with Gasteiger partial charge in [0.2, 0.25) is 0 Å². The van der Waals surface area contributed by atoms with Crippen molar-refractivity contribution in [2.24, 2.45) is 0 Å². The molecule has 1 heterocycles. The van der Waals surface area contributed by atoms with E-state index in [1.807, 2.05) is 0 Å². The summed E-state index contributed by atoms with van der Waals surface area (Å²) in [5.74, 6) is -3.90. The fraction of sp³-hybridized carbons (Fsp3) is 0.571. The largest absolute Gasteiger partial charge is 0.358 e. The molecular weight excluding hydrogens is 206 g/mol. The molecule has 8 heteroatoms. The third-order valence-electron chi connectivity index (χ3n) is 1.79. The third kappa shape index (κ3) is 2.12. The minimum atomic E-state index is -3.25. The summed E-state index contributed by atoms with van der Waals surface area (Å²) >= 11 is 0. The molecule has 8 nitrogen and oxygen atoms in total. The lowest BCUT2D eigenvalue weighted by Crippen LogP contribution is -2.24. The number of aliphatic hydroxyl groups is 3. The molecule has 0 saturated heterocycles. The molecule has 3 N–H and O–H groups in total. The van der Waals surface area contributed by atoms with Crippen molar-refractivity contribution in [3.05, 3.63) is 21.9 Å². The van der Waals surface area contributed by atoms with Gasteiger partial charge in [-0.15, -0.1) is 4.68 Å². The summed E-state index contributed by atoms with van der Waals surface area (Å²) in [6.07, 6.45) is 0.845. The van der Waals surface area contributed by atoms with Gasteiger partial charge in [0.05, 0.1) is 6.20 Å². The van der Waals surface area contributed by atoms with Crippen molar-refractivity contribution >= 4 is 5.82 Å². The predicted molar refractivity (Wildman–Crippen MR) is 47.6 cm³/mol. The van der Waals surface area contributed by atoms with E-state index < -0.39 is 22.3 Å². The Bertz CT molecular complexity index is 378. The number of nitrogens with zero attached hydrogens (tertiary/aromatic N) is 3. The minimum absolute atomic E-state index is 0.332. The fourth-order valence-corrected chi connectivity index (χ4v) is 1.15. The first-order chi connectivity index (χ1) is 6.75. The van der Waals surface area contributed by atoms with Crippen molar-refractivity contribution in [2.45, 2.75) is 25.9 Å². The maximum Gasteiger partial charge on any atom is 0.356 e. The Balaban J connectivity index is 3.37. The van der Waals surface area contributed by atoms with Crippen LogP contribution in [-0.2, 0) is 5.97 Å². The SMILES string of the molecule is CC(C)n1ncc(C(O)(O)O)c1[N+](=O)[O-]. The van der Waals surface area contributed by atoms with Gasteiger partial charge in [0.1, 0.15) is 6.04 Å². The van der Waals surface area contributed by atoms with E-state index in [-0.39, 0.29) is 6.04 Å². The first-order valence-electron chi connectivity index (χ1n) is 4.14. The summed E-state index contributed by atoms with van der Waals surface area (Å²) in [4.78, 5) is 9.83. The van der Waals surface area contributed by atoms with E-state index in [0.717, 1.165) is 10.9 Å². The van der Waals surface area contributed by atoms with Crippen LogP contribution >= 0.6 is 0 Å². The second-order valence-electron chi connectivity index (χ2n) is 3.31. The van der Waals surface area contributed by atoms with Gasteiger partial charge in [-0.25, -0.2) is 0 Å². The predicted octanol–water partition coefficient (Wildman–Crippen LogP) is -0.541. The Morgan fingerprint density at radius 3 is 2.40 bits per heavy atom. The van der Waals surface area contributed by atoms with Crippen molar-refractivity contribution < 1.29 is 20.2 Å². The summed E-state index contributed by atoms with van der Waals surface area (Å²) in [6.45, 7) is 3.27. The summed E-state index contributed by atoms with van der Waals surface area (Å²) < 4.78 is 0.979. The van der Waals surface area contributed by atoms with Gasteiger partial charge in [-0.05, 0) is 18.8 Å². The van der Waals surface area contributed by atoms with Crippen LogP contribution in [0, 0.1) is 10.1 Å². The van der Waals surface area contributed by atoms with Gasteiger partial charge >= 0.3 is 11.8 Å². The number of hydrogen-bond acceptors (Lipinski definition) is 6. The van der Waals surface area contributed by atoms with Crippen LogP contribution in [0.15, 0.2) is 6.20 Å². The molecule has 0 atom stereocenters. The van der Waals surface area contributed by atoms with Crippen LogP contribution in [0.3, 0.4) is 0 Å². The van der Waals surface area contributed by atoms with E-state index in [2.05, 4.69) is 5.10 Å². The Morgan fingerprint density at radius 2 is 2.07 bits per heavy atom. The van der Waals surface area contributed by atoms with Crippen LogP contribution in [0.5, 0.6) is 0 Å². The van der Waals surface area contributed by atoms with Crippen molar-refractivity contribution in [2.75, 3.05) is 0 Å². The summed E-state index contributed by atoms with van der Waals surface area (Å²) in [7, 11) is 0. The zero-order valence-corrected chi connectivity index (χ0v) is 8.15. The average molecular weight is 217 g/mol. The maximum atomic E-state index is 10.7. The van der Waals surface area contributed by atoms with E-state index in [0.29, 0.717) is 0 Å². The standard InChI is InChI=1S/C7H11N3O5/c1-4(2)9-6(10(14)15)5(3-8-9)7(11,12)13/h3-4,11-13H,1-2H3. The lowest BCUT2D eigenvalue weighted by molar-refractivity contribution is -0.402. The molecule has 84 valence electrons. The second-order valence-corrected chi connectivity index (χ2v) is 3.31. The van der Waals surface area contributed by atoms with Crippen LogP contribution in [0.25, 0.3) is 0 Å². The number of rotatable bonds is 3. The number of aromatic nitrogens is 2. The first-order valence-corrected chi connectivity index (χ1v) is 4.14. The quantitative estimate of drug-likeness (QED) is 0.355. The van der Waals surface area contributed by atoms with Gasteiger partial charge in [0, 0.05) is 0 Å². The molecule has 0 aliphatic carbocycles. The zero-order valence-electron chi connectivity index (χ0n) is 8.15. The Kier molecular flexibility index (Phi) is 2.75. The van der Waals surface area contributed by atoms with E-state index in [1.54, 1.807) is 13.8 Å².